The minimum atomic E-state index is -4.80. The fourth-order valence-electron chi connectivity index (χ4n) is 12.6. The van der Waals surface area contributed by atoms with Gasteiger partial charge in [0.1, 0.15) is 0 Å². The van der Waals surface area contributed by atoms with Gasteiger partial charge in [0.2, 0.25) is 0 Å². The molecule has 0 saturated carbocycles. The average Bonchev–Trinajstić information content (AvgIpc) is 0.680. The van der Waals surface area contributed by atoms with Gasteiger partial charge in [-0.3, -0.25) is 18.8 Å². The van der Waals surface area contributed by atoms with Crippen LogP contribution in [0, 0.1) is 0 Å². The number of amides is 6. The summed E-state index contributed by atoms with van der Waals surface area (Å²) in [7, 11) is -43.6. The molecular formula is C61H93N6O18Si11+. The predicted octanol–water partition coefficient (Wildman–Crippen LogP) is 12.6. The molecule has 3 saturated heterocycles. The first-order valence-corrected chi connectivity index (χ1v) is 58.9. The standard InChI is InChI=1S/C61H92N6O18Si11/c1-86(2,3)74-87(4,5)76-90(9,71)79-93(12)78-89(8,50-32-47-62-59(68)65(53-35-20-14-21-36-53)54-37-22-15-23-38-54)75-88(6,7)77-95(83-93,51-33-48-63-60(69)66(55-39-24-16-25-40-55)56-41-26-17-27-42-56)84-96(81-91(10,72)80-94(13)82-92(11,73)85(94)96)52-34-49-64-61(70)67(57-43-28-18-29-44-57)58-45-30-19-31-46-58/h14-31,35-46,71-73H,32-34,47-52H2,1-13H3,(H2-,62,63,64,68,69,70)/p+1. The lowest BCUT2D eigenvalue weighted by atomic mass is 10.2. The van der Waals surface area contributed by atoms with E-state index >= 15 is 0 Å². The second kappa shape index (κ2) is 30.4. The second-order valence-corrected chi connectivity index (χ2v) is 62.9. The fraction of sp³-hybridized carbons (Fsp3) is 0.361. The van der Waals surface area contributed by atoms with Crippen LogP contribution in [-0.4, -0.2) is 148 Å². The number of nitrogens with one attached hydrogen (secondary N) is 3. The van der Waals surface area contributed by atoms with Gasteiger partial charge in [0.15, 0.2) is 8.32 Å². The summed E-state index contributed by atoms with van der Waals surface area (Å²) in [5.74, 6) is 0. The summed E-state index contributed by atoms with van der Waals surface area (Å²) in [6.07, 6.45) is 0.633. The normalized spacial score (nSPS) is 26.5. The summed E-state index contributed by atoms with van der Waals surface area (Å²) in [6, 6.07) is 54.7. The van der Waals surface area contributed by atoms with Gasteiger partial charge in [-0.1, -0.05) is 109 Å². The van der Waals surface area contributed by atoms with Crippen LogP contribution in [0.15, 0.2) is 182 Å². The predicted molar refractivity (Wildman–Crippen MR) is 393 cm³/mol. The monoisotopic (exact) mass is 1510 g/mol. The molecule has 3 aliphatic heterocycles. The number of hydrogen-bond donors (Lipinski definition) is 6. The summed E-state index contributed by atoms with van der Waals surface area (Å²) < 4.78 is 81.1. The molecule has 0 bridgehead atoms. The number of urea groups is 3. The highest BCUT2D eigenvalue weighted by Gasteiger charge is 2.90. The van der Waals surface area contributed by atoms with E-state index < -0.39 is 108 Å². The van der Waals surface area contributed by atoms with Crippen LogP contribution in [0.5, 0.6) is 0 Å². The second-order valence-electron chi connectivity index (χ2n) is 26.3. The SMILES string of the molecule is C[Si](C)(C)O[Si](C)(C)O[Si](C)(O)O[Si]1(C)O[Si](C)(CCCNC(=O)N(c2ccccc2)c2ccccc2)O[Si](C)(C)O[Si](CCCNC(=O)N(c2ccccc2)c2ccccc2)(O[Si]2(CCCNC(=O)N(c3ccccc3)c3ccccc3)O[Si](C)(O)O[Si]3(C)O[Si](C)(O)[O+]32)O1. The van der Waals surface area contributed by atoms with E-state index in [-0.39, 0.29) is 56.6 Å². The average molecular weight is 1510 g/mol. The molecule has 0 aromatic heterocycles. The summed E-state index contributed by atoms with van der Waals surface area (Å²) in [5.41, 5.74) is 3.86. The number of rotatable bonds is 26. The van der Waals surface area contributed by atoms with E-state index in [9.17, 15) is 28.8 Å². The van der Waals surface area contributed by atoms with Gasteiger partial charge in [-0.05, 0) is 150 Å². The maximum absolute atomic E-state index is 14.6. The fourth-order valence-corrected chi connectivity index (χ4v) is 71.6. The van der Waals surface area contributed by atoms with Gasteiger partial charge >= 0.3 is 105 Å². The van der Waals surface area contributed by atoms with Crippen molar-refractivity contribution in [3.63, 3.8) is 0 Å². The number of carbonyl (C=O) groups is 3. The van der Waals surface area contributed by atoms with Crippen LogP contribution >= 0.6 is 0 Å². The van der Waals surface area contributed by atoms with Crippen molar-refractivity contribution in [3.05, 3.63) is 182 Å². The Morgan fingerprint density at radius 2 is 0.823 bits per heavy atom. The molecule has 24 nitrogen and oxygen atoms in total. The summed E-state index contributed by atoms with van der Waals surface area (Å²) in [4.78, 5) is 86.0. The van der Waals surface area contributed by atoms with Gasteiger partial charge in [0, 0.05) is 45.3 Å². The van der Waals surface area contributed by atoms with Gasteiger partial charge in [-0.2, -0.15) is 0 Å². The van der Waals surface area contributed by atoms with Gasteiger partial charge < -0.3 is 74.9 Å². The quantitative estimate of drug-likeness (QED) is 0.0167. The molecule has 35 heteroatoms. The Balaban J connectivity index is 1.10. The number of nitrogens with zero attached hydrogens (tertiary/aromatic N) is 3. The van der Waals surface area contributed by atoms with Crippen LogP contribution in [-0.2, 0) is 48.7 Å². The lowest BCUT2D eigenvalue weighted by molar-refractivity contribution is -0.0739. The number of hydrogen-bond acceptors (Lipinski definition) is 17. The van der Waals surface area contributed by atoms with Crippen molar-refractivity contribution in [3.8, 4) is 0 Å². The number of para-hydroxylation sites is 6. The van der Waals surface area contributed by atoms with E-state index in [1.54, 1.807) is 34.3 Å². The minimum Gasteiger partial charge on any atom is -0.593 e. The van der Waals surface area contributed by atoms with Crippen LogP contribution in [0.3, 0.4) is 0 Å². The maximum atomic E-state index is 14.6. The molecule has 3 heterocycles. The molecule has 3 aliphatic rings. The topological polar surface area (TPSA) is 262 Å². The summed E-state index contributed by atoms with van der Waals surface area (Å²) in [5, 5.41) is 9.35. The highest BCUT2D eigenvalue weighted by Crippen LogP contribution is 2.53. The first-order valence-electron chi connectivity index (χ1n) is 32.2. The third kappa shape index (κ3) is 19.7. The third-order valence-electron chi connectivity index (χ3n) is 15.1. The molecule has 8 unspecified atom stereocenters. The lowest BCUT2D eigenvalue weighted by Crippen LogP contribution is -2.91. The zero-order chi connectivity index (χ0) is 69.5. The van der Waals surface area contributed by atoms with Crippen molar-refractivity contribution in [1.82, 2.24) is 16.0 Å². The molecule has 6 aromatic carbocycles. The highest BCUT2D eigenvalue weighted by molar-refractivity contribution is 7.05. The van der Waals surface area contributed by atoms with Crippen LogP contribution < -0.4 is 30.7 Å². The van der Waals surface area contributed by atoms with E-state index in [1.807, 2.05) is 234 Å². The molecule has 518 valence electrons. The molecule has 6 N–H and O–H groups in total. The van der Waals surface area contributed by atoms with E-state index in [0.29, 0.717) is 40.5 Å². The number of anilines is 6. The molecule has 0 radical (unpaired) electrons. The maximum Gasteiger partial charge on any atom is 0.668 e. The first kappa shape index (κ1) is 75.1. The van der Waals surface area contributed by atoms with Crippen LogP contribution in [0.2, 0.25) is 103 Å². The molecule has 8 atom stereocenters. The lowest BCUT2D eigenvalue weighted by Gasteiger charge is -2.62. The van der Waals surface area contributed by atoms with E-state index in [0.717, 1.165) is 0 Å². The number of fused-ring (bicyclic) bond motifs is 1. The zero-order valence-electron chi connectivity index (χ0n) is 57.0. The molecule has 6 aromatic rings. The highest BCUT2D eigenvalue weighted by atomic mass is 28.6. The smallest absolute Gasteiger partial charge is 0.593 e. The molecule has 6 amide bonds. The van der Waals surface area contributed by atoms with E-state index in [4.69, 9.17) is 45.3 Å². The van der Waals surface area contributed by atoms with Crippen molar-refractivity contribution in [2.75, 3.05) is 34.3 Å². The Kier molecular flexibility index (Phi) is 23.8. The van der Waals surface area contributed by atoms with Gasteiger partial charge in [-0.25, -0.2) is 14.4 Å². The molecule has 0 spiro atoms. The Morgan fingerprint density at radius 1 is 0.458 bits per heavy atom. The molecule has 9 rings (SSSR count). The van der Waals surface area contributed by atoms with Gasteiger partial charge in [0.25, 0.3) is 0 Å². The Hall–Kier alpha value is -5.08. The summed E-state index contributed by atoms with van der Waals surface area (Å²) in [6.45, 7) is 23.5. The van der Waals surface area contributed by atoms with Crippen molar-refractivity contribution < 1.29 is 77.5 Å². The third-order valence-corrected chi connectivity index (χ3v) is 61.7. The van der Waals surface area contributed by atoms with Crippen LogP contribution in [0.4, 0.5) is 48.5 Å². The Bertz CT molecular complexity index is 3440. The van der Waals surface area contributed by atoms with Crippen LogP contribution in [0.1, 0.15) is 19.3 Å². The van der Waals surface area contributed by atoms with Crippen molar-refractivity contribution >= 4 is 148 Å². The van der Waals surface area contributed by atoms with Crippen LogP contribution in [0.25, 0.3) is 0 Å². The largest absolute Gasteiger partial charge is 0.668 e. The number of carbonyl (C=O) groups excluding carboxylic acids is 3. The Morgan fingerprint density at radius 3 is 1.19 bits per heavy atom. The molecule has 96 heavy (non-hydrogen) atoms. The molecule has 3 fully saturated rings. The van der Waals surface area contributed by atoms with Gasteiger partial charge in [-0.15, -0.1) is 0 Å². The Labute approximate surface area is 576 Å². The van der Waals surface area contributed by atoms with Crippen molar-refractivity contribution in [2.45, 2.75) is 123 Å². The number of benzene rings is 6. The van der Waals surface area contributed by atoms with E-state index in [2.05, 4.69) is 19.4 Å². The molecule has 0 aliphatic carbocycles. The summed E-state index contributed by atoms with van der Waals surface area (Å²) >= 11 is 0. The molecular weight excluding hydrogens is 1410 g/mol. The minimum absolute atomic E-state index is 0.0332. The van der Waals surface area contributed by atoms with Crippen molar-refractivity contribution in [1.29, 1.82) is 0 Å². The van der Waals surface area contributed by atoms with E-state index in [1.165, 1.54) is 13.1 Å². The first-order chi connectivity index (χ1) is 45.1. The van der Waals surface area contributed by atoms with Gasteiger partial charge in [0.05, 0.1) is 53.3 Å². The van der Waals surface area contributed by atoms with Crippen molar-refractivity contribution in [2.24, 2.45) is 0 Å². The zero-order valence-corrected chi connectivity index (χ0v) is 68.0.